The average molecular weight is 312 g/mol. The quantitative estimate of drug-likeness (QED) is 0.491. The maximum Gasteiger partial charge on any atom is 0.293 e. The van der Waals surface area contributed by atoms with E-state index in [1.165, 1.54) is 25.3 Å². The number of hydrogen-bond acceptors (Lipinski definition) is 4. The molecule has 1 aliphatic rings. The molecular weight excluding hydrogens is 290 g/mol. The van der Waals surface area contributed by atoms with E-state index in [2.05, 4.69) is 17.1 Å². The zero-order valence-corrected chi connectivity index (χ0v) is 13.1. The van der Waals surface area contributed by atoms with Crippen LogP contribution in [0.25, 0.3) is 0 Å². The fourth-order valence-electron chi connectivity index (χ4n) is 2.83. The normalized spacial score (nSPS) is 19.4. The Kier molecular flexibility index (Phi) is 5.82. The lowest BCUT2D eigenvalue weighted by molar-refractivity contribution is -0.383. The second kappa shape index (κ2) is 7.61. The summed E-state index contributed by atoms with van der Waals surface area (Å²) in [6, 6.07) is 5.39. The summed E-state index contributed by atoms with van der Waals surface area (Å²) in [7, 11) is 0. The van der Waals surface area contributed by atoms with Crippen LogP contribution in [-0.4, -0.2) is 35.5 Å². The van der Waals surface area contributed by atoms with Crippen LogP contribution in [0.5, 0.6) is 0 Å². The van der Waals surface area contributed by atoms with Gasteiger partial charge < -0.3 is 10.2 Å². The molecule has 1 N–H and O–H groups in total. The summed E-state index contributed by atoms with van der Waals surface area (Å²) in [6.07, 6.45) is 4.81. The van der Waals surface area contributed by atoms with E-state index in [4.69, 9.17) is 11.6 Å². The van der Waals surface area contributed by atoms with Crippen LogP contribution < -0.4 is 5.32 Å². The van der Waals surface area contributed by atoms with Crippen molar-refractivity contribution < 1.29 is 4.92 Å². The molecule has 1 heterocycles. The van der Waals surface area contributed by atoms with Crippen LogP contribution in [0.1, 0.15) is 32.6 Å². The molecule has 5 nitrogen and oxygen atoms in total. The molecule has 0 amide bonds. The largest absolute Gasteiger partial charge is 0.378 e. The highest BCUT2D eigenvalue weighted by molar-refractivity contribution is 6.33. The number of nitrogens with zero attached hydrogens (tertiary/aromatic N) is 2. The van der Waals surface area contributed by atoms with Crippen LogP contribution in [0.15, 0.2) is 18.2 Å². The molecule has 0 saturated carbocycles. The minimum Gasteiger partial charge on any atom is -0.378 e. The van der Waals surface area contributed by atoms with Gasteiger partial charge in [-0.1, -0.05) is 24.1 Å². The van der Waals surface area contributed by atoms with Crippen LogP contribution in [0, 0.1) is 10.1 Å². The molecule has 1 saturated heterocycles. The number of nitro groups is 1. The Labute approximate surface area is 130 Å². The third-order valence-electron chi connectivity index (χ3n) is 4.05. The van der Waals surface area contributed by atoms with E-state index >= 15 is 0 Å². The van der Waals surface area contributed by atoms with Gasteiger partial charge in [0.25, 0.3) is 5.69 Å². The van der Waals surface area contributed by atoms with Crippen molar-refractivity contribution in [2.75, 3.05) is 25.0 Å². The molecule has 1 aliphatic heterocycles. The SMILES string of the molecule is CC1CCCCN1CCCNc1c(Cl)cccc1[N+](=O)[O-]. The number of likely N-dealkylation sites (tertiary alicyclic amines) is 1. The molecule has 2 rings (SSSR count). The van der Waals surface area contributed by atoms with Crippen molar-refractivity contribution in [3.8, 4) is 0 Å². The maximum atomic E-state index is 11.0. The van der Waals surface area contributed by atoms with Crippen molar-refractivity contribution in [2.45, 2.75) is 38.6 Å². The molecule has 1 unspecified atom stereocenters. The molecule has 0 radical (unpaired) electrons. The number of nitrogens with one attached hydrogen (secondary N) is 1. The van der Waals surface area contributed by atoms with Gasteiger partial charge >= 0.3 is 0 Å². The van der Waals surface area contributed by atoms with Crippen molar-refractivity contribution >= 4 is 23.0 Å². The molecular formula is C15H22ClN3O2. The fraction of sp³-hybridized carbons (Fsp3) is 0.600. The van der Waals surface area contributed by atoms with Crippen LogP contribution in [0.4, 0.5) is 11.4 Å². The Balaban J connectivity index is 1.85. The lowest BCUT2D eigenvalue weighted by Crippen LogP contribution is -2.38. The molecule has 1 atom stereocenters. The van der Waals surface area contributed by atoms with Crippen molar-refractivity contribution in [1.82, 2.24) is 4.90 Å². The van der Waals surface area contributed by atoms with Gasteiger partial charge in [-0.25, -0.2) is 0 Å². The lowest BCUT2D eigenvalue weighted by atomic mass is 10.0. The second-order valence-corrected chi connectivity index (χ2v) is 5.96. The topological polar surface area (TPSA) is 58.4 Å². The van der Waals surface area contributed by atoms with Crippen molar-refractivity contribution in [1.29, 1.82) is 0 Å². The van der Waals surface area contributed by atoms with Gasteiger partial charge in [-0.3, -0.25) is 10.1 Å². The highest BCUT2D eigenvalue weighted by atomic mass is 35.5. The molecule has 0 aliphatic carbocycles. The number of rotatable bonds is 6. The number of piperidine rings is 1. The van der Waals surface area contributed by atoms with Gasteiger partial charge in [-0.05, 0) is 38.8 Å². The molecule has 116 valence electrons. The third kappa shape index (κ3) is 4.32. The van der Waals surface area contributed by atoms with Gasteiger partial charge in [-0.2, -0.15) is 0 Å². The first-order chi connectivity index (χ1) is 10.1. The van der Waals surface area contributed by atoms with Crippen LogP contribution >= 0.6 is 11.6 Å². The fourth-order valence-corrected chi connectivity index (χ4v) is 3.06. The molecule has 1 aromatic rings. The monoisotopic (exact) mass is 311 g/mol. The lowest BCUT2D eigenvalue weighted by Gasteiger charge is -2.33. The summed E-state index contributed by atoms with van der Waals surface area (Å²) in [5, 5.41) is 14.5. The van der Waals surface area contributed by atoms with E-state index in [0.29, 0.717) is 23.3 Å². The molecule has 0 aromatic heterocycles. The van der Waals surface area contributed by atoms with Crippen LogP contribution in [-0.2, 0) is 0 Å². The Morgan fingerprint density at radius 1 is 1.48 bits per heavy atom. The van der Waals surface area contributed by atoms with Crippen molar-refractivity contribution in [3.05, 3.63) is 33.3 Å². The molecule has 1 aromatic carbocycles. The van der Waals surface area contributed by atoms with Gasteiger partial charge in [0.05, 0.1) is 9.95 Å². The van der Waals surface area contributed by atoms with E-state index < -0.39 is 4.92 Å². The number of para-hydroxylation sites is 1. The van der Waals surface area contributed by atoms with E-state index in [-0.39, 0.29) is 5.69 Å². The first-order valence-electron chi connectivity index (χ1n) is 7.50. The summed E-state index contributed by atoms with van der Waals surface area (Å²) in [5.74, 6) is 0. The van der Waals surface area contributed by atoms with Gasteiger partial charge in [0, 0.05) is 25.2 Å². The Morgan fingerprint density at radius 3 is 3.00 bits per heavy atom. The molecule has 0 bridgehead atoms. The number of nitro benzene ring substituents is 1. The molecule has 6 heteroatoms. The maximum absolute atomic E-state index is 11.0. The minimum absolute atomic E-state index is 0.0360. The minimum atomic E-state index is -0.402. The molecule has 21 heavy (non-hydrogen) atoms. The first-order valence-corrected chi connectivity index (χ1v) is 7.88. The van der Waals surface area contributed by atoms with E-state index in [9.17, 15) is 10.1 Å². The van der Waals surface area contributed by atoms with Crippen LogP contribution in [0.2, 0.25) is 5.02 Å². The predicted octanol–water partition coefficient (Wildman–Crippen LogP) is 3.92. The Bertz CT molecular complexity index is 496. The Hall–Kier alpha value is -1.33. The summed E-state index contributed by atoms with van der Waals surface area (Å²) in [6.45, 7) is 5.14. The van der Waals surface area contributed by atoms with Crippen molar-refractivity contribution in [3.63, 3.8) is 0 Å². The zero-order valence-electron chi connectivity index (χ0n) is 12.3. The highest BCUT2D eigenvalue weighted by Crippen LogP contribution is 2.31. The first kappa shape index (κ1) is 16.0. The van der Waals surface area contributed by atoms with Crippen molar-refractivity contribution in [2.24, 2.45) is 0 Å². The predicted molar refractivity (Wildman–Crippen MR) is 86.1 cm³/mol. The summed E-state index contributed by atoms with van der Waals surface area (Å²) in [4.78, 5) is 13.1. The van der Waals surface area contributed by atoms with E-state index in [1.807, 2.05) is 0 Å². The van der Waals surface area contributed by atoms with Crippen LogP contribution in [0.3, 0.4) is 0 Å². The van der Waals surface area contributed by atoms with Gasteiger partial charge in [0.15, 0.2) is 0 Å². The van der Waals surface area contributed by atoms with Gasteiger partial charge in [-0.15, -0.1) is 0 Å². The van der Waals surface area contributed by atoms with E-state index in [1.54, 1.807) is 12.1 Å². The van der Waals surface area contributed by atoms with E-state index in [0.717, 1.165) is 19.5 Å². The number of hydrogen-bond donors (Lipinski definition) is 1. The number of halogens is 1. The molecule has 0 spiro atoms. The smallest absolute Gasteiger partial charge is 0.293 e. The zero-order chi connectivity index (χ0) is 15.2. The second-order valence-electron chi connectivity index (χ2n) is 5.55. The number of benzene rings is 1. The van der Waals surface area contributed by atoms with Gasteiger partial charge in [0.2, 0.25) is 0 Å². The summed E-state index contributed by atoms with van der Waals surface area (Å²) >= 11 is 6.05. The Morgan fingerprint density at radius 2 is 2.29 bits per heavy atom. The average Bonchev–Trinajstić information content (AvgIpc) is 2.46. The van der Waals surface area contributed by atoms with Gasteiger partial charge in [0.1, 0.15) is 5.69 Å². The standard InChI is InChI=1S/C15H22ClN3O2/c1-12-6-2-3-10-18(12)11-5-9-17-15-13(16)7-4-8-14(15)19(20)21/h4,7-8,12,17H,2-3,5-6,9-11H2,1H3. The third-order valence-corrected chi connectivity index (χ3v) is 4.37. The number of anilines is 1. The summed E-state index contributed by atoms with van der Waals surface area (Å²) < 4.78 is 0. The summed E-state index contributed by atoms with van der Waals surface area (Å²) in [5.41, 5.74) is 0.463. The highest BCUT2D eigenvalue weighted by Gasteiger charge is 2.18. The molecule has 1 fully saturated rings.